The molecule has 0 aromatic rings. The summed E-state index contributed by atoms with van der Waals surface area (Å²) in [6, 6.07) is 0.449. The number of nitrogens with one attached hydrogen (secondary N) is 1. The first-order valence-electron chi connectivity index (χ1n) is 3.81. The van der Waals surface area contributed by atoms with Crippen molar-refractivity contribution >= 4 is 0 Å². The predicted octanol–water partition coefficient (Wildman–Crippen LogP) is 1.15. The fourth-order valence-corrected chi connectivity index (χ4v) is 1.51. The molecule has 0 unspecified atom stereocenters. The smallest absolute Gasteiger partial charge is 0.0376 e. The highest BCUT2D eigenvalue weighted by Crippen LogP contribution is 2.44. The molecule has 0 aromatic carbocycles. The Morgan fingerprint density at radius 1 is 1.11 bits per heavy atom. The second-order valence-electron chi connectivity index (χ2n) is 3.33. The molecule has 2 nitrogen and oxygen atoms in total. The number of rotatable bonds is 3. The molecule has 2 aliphatic carbocycles. The van der Waals surface area contributed by atoms with Crippen molar-refractivity contribution in [2.75, 3.05) is 0 Å². The van der Waals surface area contributed by atoms with Crippen molar-refractivity contribution in [3.63, 3.8) is 0 Å². The fraction of sp³-hybridized carbons (Fsp3) is 1.00. The molecular weight excluding hydrogens is 114 g/mol. The van der Waals surface area contributed by atoms with E-state index in [9.17, 15) is 0 Å². The van der Waals surface area contributed by atoms with Crippen LogP contribution in [-0.2, 0) is 0 Å². The van der Waals surface area contributed by atoms with Gasteiger partial charge in [0.15, 0.2) is 0 Å². The topological polar surface area (TPSA) is 32.3 Å². The van der Waals surface area contributed by atoms with Gasteiger partial charge in [0.1, 0.15) is 0 Å². The van der Waals surface area contributed by atoms with Gasteiger partial charge in [0.2, 0.25) is 0 Å². The Kier molecular flexibility index (Phi) is 1.24. The van der Waals surface area contributed by atoms with Crippen LogP contribution < -0.4 is 5.48 Å². The minimum atomic E-state index is 0.449. The second kappa shape index (κ2) is 1.96. The molecule has 2 saturated carbocycles. The van der Waals surface area contributed by atoms with E-state index >= 15 is 0 Å². The van der Waals surface area contributed by atoms with Crippen LogP contribution in [0.1, 0.15) is 25.7 Å². The van der Waals surface area contributed by atoms with Crippen molar-refractivity contribution in [1.82, 2.24) is 5.48 Å². The number of hydrogen-bond acceptors (Lipinski definition) is 2. The standard InChI is InChI=1S/C7H13NO/c9-8-7(5-1-2-5)6-3-4-6/h5-9H,1-4H2. The molecule has 0 bridgehead atoms. The Hall–Kier alpha value is -0.0800. The fourth-order valence-electron chi connectivity index (χ4n) is 1.51. The highest BCUT2D eigenvalue weighted by molar-refractivity contribution is 4.94. The van der Waals surface area contributed by atoms with Crippen molar-refractivity contribution in [3.8, 4) is 0 Å². The lowest BCUT2D eigenvalue weighted by molar-refractivity contribution is 0.105. The largest absolute Gasteiger partial charge is 0.317 e. The molecule has 2 heteroatoms. The highest BCUT2D eigenvalue weighted by Gasteiger charge is 2.41. The van der Waals surface area contributed by atoms with E-state index in [4.69, 9.17) is 5.21 Å². The summed E-state index contributed by atoms with van der Waals surface area (Å²) >= 11 is 0. The van der Waals surface area contributed by atoms with Crippen molar-refractivity contribution in [1.29, 1.82) is 0 Å². The third kappa shape index (κ3) is 1.10. The summed E-state index contributed by atoms with van der Waals surface area (Å²) in [7, 11) is 0. The molecular formula is C7H13NO. The lowest BCUT2D eigenvalue weighted by atomic mass is 10.1. The van der Waals surface area contributed by atoms with Gasteiger partial charge in [-0.05, 0) is 37.5 Å². The maximum absolute atomic E-state index is 8.70. The van der Waals surface area contributed by atoms with E-state index in [1.165, 1.54) is 25.7 Å². The first kappa shape index (κ1) is 5.69. The van der Waals surface area contributed by atoms with Gasteiger partial charge in [-0.1, -0.05) is 0 Å². The molecule has 2 rings (SSSR count). The number of hydrogen-bond donors (Lipinski definition) is 2. The van der Waals surface area contributed by atoms with Crippen LogP contribution in [0.25, 0.3) is 0 Å². The van der Waals surface area contributed by atoms with E-state index in [-0.39, 0.29) is 0 Å². The maximum Gasteiger partial charge on any atom is 0.0376 e. The van der Waals surface area contributed by atoms with Crippen LogP contribution in [0.3, 0.4) is 0 Å². The average molecular weight is 127 g/mol. The van der Waals surface area contributed by atoms with Gasteiger partial charge >= 0.3 is 0 Å². The summed E-state index contributed by atoms with van der Waals surface area (Å²) < 4.78 is 0. The third-order valence-electron chi connectivity index (χ3n) is 2.41. The molecule has 0 saturated heterocycles. The first-order valence-corrected chi connectivity index (χ1v) is 3.81. The molecule has 0 amide bonds. The summed E-state index contributed by atoms with van der Waals surface area (Å²) in [5.74, 6) is 1.62. The minimum absolute atomic E-state index is 0.449. The molecule has 2 fully saturated rings. The highest BCUT2D eigenvalue weighted by atomic mass is 16.5. The molecule has 0 atom stereocenters. The van der Waals surface area contributed by atoms with Gasteiger partial charge in [-0.25, -0.2) is 5.48 Å². The Morgan fingerprint density at radius 2 is 1.56 bits per heavy atom. The maximum atomic E-state index is 8.70. The van der Waals surface area contributed by atoms with Crippen LogP contribution >= 0.6 is 0 Å². The second-order valence-corrected chi connectivity index (χ2v) is 3.33. The van der Waals surface area contributed by atoms with E-state index in [1.54, 1.807) is 0 Å². The van der Waals surface area contributed by atoms with Crippen LogP contribution in [0.2, 0.25) is 0 Å². The summed E-state index contributed by atoms with van der Waals surface area (Å²) in [4.78, 5) is 0. The van der Waals surface area contributed by atoms with Crippen molar-refractivity contribution in [2.24, 2.45) is 11.8 Å². The Balaban J connectivity index is 1.85. The zero-order valence-corrected chi connectivity index (χ0v) is 5.51. The van der Waals surface area contributed by atoms with Crippen molar-refractivity contribution in [2.45, 2.75) is 31.7 Å². The lowest BCUT2D eigenvalue weighted by Crippen LogP contribution is -2.29. The van der Waals surface area contributed by atoms with E-state index in [1.807, 2.05) is 0 Å². The average Bonchev–Trinajstić information content (AvgIpc) is 2.61. The van der Waals surface area contributed by atoms with E-state index in [0.29, 0.717) is 6.04 Å². The first-order chi connectivity index (χ1) is 4.42. The molecule has 2 N–H and O–H groups in total. The minimum Gasteiger partial charge on any atom is -0.317 e. The molecule has 0 radical (unpaired) electrons. The van der Waals surface area contributed by atoms with Crippen LogP contribution in [0.4, 0.5) is 0 Å². The Morgan fingerprint density at radius 3 is 1.78 bits per heavy atom. The van der Waals surface area contributed by atoms with Gasteiger partial charge in [-0.3, -0.25) is 0 Å². The van der Waals surface area contributed by atoms with E-state index in [2.05, 4.69) is 5.48 Å². The van der Waals surface area contributed by atoms with Crippen molar-refractivity contribution in [3.05, 3.63) is 0 Å². The van der Waals surface area contributed by atoms with Gasteiger partial charge in [-0.2, -0.15) is 0 Å². The predicted molar refractivity (Wildman–Crippen MR) is 34.2 cm³/mol. The Bertz CT molecular complexity index is 95.5. The third-order valence-corrected chi connectivity index (χ3v) is 2.41. The normalized spacial score (nSPS) is 27.3. The summed E-state index contributed by atoms with van der Waals surface area (Å²) in [6.45, 7) is 0. The summed E-state index contributed by atoms with van der Waals surface area (Å²) in [5.41, 5.74) is 2.43. The van der Waals surface area contributed by atoms with E-state index in [0.717, 1.165) is 11.8 Å². The summed E-state index contributed by atoms with van der Waals surface area (Å²) in [5, 5.41) is 8.70. The molecule has 0 aromatic heterocycles. The van der Waals surface area contributed by atoms with Gasteiger partial charge in [-0.15, -0.1) is 0 Å². The van der Waals surface area contributed by atoms with Gasteiger partial charge in [0.25, 0.3) is 0 Å². The zero-order chi connectivity index (χ0) is 6.27. The summed E-state index contributed by atoms with van der Waals surface area (Å²) in [6.07, 6.45) is 5.31. The lowest BCUT2D eigenvalue weighted by Gasteiger charge is -2.10. The van der Waals surface area contributed by atoms with Gasteiger partial charge in [0.05, 0.1) is 0 Å². The molecule has 2 aliphatic rings. The Labute approximate surface area is 55.2 Å². The quantitative estimate of drug-likeness (QED) is 0.557. The van der Waals surface area contributed by atoms with Gasteiger partial charge < -0.3 is 5.21 Å². The SMILES string of the molecule is ONC(C1CC1)C1CC1. The van der Waals surface area contributed by atoms with E-state index < -0.39 is 0 Å². The monoisotopic (exact) mass is 127 g/mol. The molecule has 0 aliphatic heterocycles. The molecule has 0 heterocycles. The molecule has 9 heavy (non-hydrogen) atoms. The molecule has 52 valence electrons. The number of hydroxylamine groups is 1. The van der Waals surface area contributed by atoms with Crippen LogP contribution in [0.15, 0.2) is 0 Å². The zero-order valence-electron chi connectivity index (χ0n) is 5.51. The van der Waals surface area contributed by atoms with Crippen LogP contribution in [0.5, 0.6) is 0 Å². The van der Waals surface area contributed by atoms with Crippen LogP contribution in [0, 0.1) is 11.8 Å². The molecule has 0 spiro atoms. The van der Waals surface area contributed by atoms with Crippen LogP contribution in [-0.4, -0.2) is 11.2 Å². The van der Waals surface area contributed by atoms with Gasteiger partial charge in [0, 0.05) is 6.04 Å². The van der Waals surface area contributed by atoms with Crippen molar-refractivity contribution < 1.29 is 5.21 Å².